The zero-order chi connectivity index (χ0) is 10.0. The van der Waals surface area contributed by atoms with Gasteiger partial charge in [0, 0.05) is 6.07 Å². The number of rotatable bonds is 2. The van der Waals surface area contributed by atoms with E-state index in [-0.39, 0.29) is 18.0 Å². The Hall–Kier alpha value is -0.710. The summed E-state index contributed by atoms with van der Waals surface area (Å²) in [4.78, 5) is 0. The molecule has 80 valence electrons. The van der Waals surface area contributed by atoms with Crippen LogP contribution in [-0.4, -0.2) is 11.2 Å². The molecule has 0 aliphatic heterocycles. The number of hydrogen-bond donors (Lipinski definition) is 2. The molecule has 2 nitrogen and oxygen atoms in total. The fourth-order valence-corrected chi connectivity index (χ4v) is 1.05. The molecule has 0 aliphatic carbocycles. The van der Waals surface area contributed by atoms with Crippen molar-refractivity contribution in [3.63, 3.8) is 0 Å². The van der Waals surface area contributed by atoms with Gasteiger partial charge in [0.05, 0.1) is 12.1 Å². The summed E-state index contributed by atoms with van der Waals surface area (Å²) in [5, 5.41) is 9.09. The minimum absolute atomic E-state index is 0. The molecule has 0 bridgehead atoms. The number of aliphatic hydroxyl groups excluding tert-OH is 1. The van der Waals surface area contributed by atoms with Crippen LogP contribution in [0.3, 0.4) is 0 Å². The molecule has 0 aliphatic rings. The summed E-state index contributed by atoms with van der Waals surface area (Å²) in [7, 11) is 0. The zero-order valence-corrected chi connectivity index (χ0v) is 8.39. The number of nitrogens with two attached hydrogens (primary N) is 1. The number of aliphatic hydroxyl groups is 1. The summed E-state index contributed by atoms with van der Waals surface area (Å²) in [6.07, 6.45) is -0.832. The minimum atomic E-state index is -0.832. The first-order valence-corrected chi connectivity index (χ1v) is 3.90. The van der Waals surface area contributed by atoms with Crippen molar-refractivity contribution in [3.05, 3.63) is 35.4 Å². The van der Waals surface area contributed by atoms with E-state index in [4.69, 9.17) is 10.8 Å². The molecule has 1 aromatic rings. The second-order valence-electron chi connectivity index (χ2n) is 2.97. The molecule has 0 radical (unpaired) electrons. The van der Waals surface area contributed by atoms with Crippen molar-refractivity contribution < 1.29 is 13.9 Å². The molecule has 0 heterocycles. The maximum Gasteiger partial charge on any atom is 0.126 e. The quantitative estimate of drug-likeness (QED) is 0.803. The summed E-state index contributed by atoms with van der Waals surface area (Å²) in [6.45, 7) is 1.47. The maximum absolute atomic E-state index is 12.7. The van der Waals surface area contributed by atoms with Gasteiger partial charge >= 0.3 is 0 Å². The third-order valence-electron chi connectivity index (χ3n) is 1.79. The Morgan fingerprint density at radius 3 is 2.00 bits per heavy atom. The molecular formula is C9H12ClF2NO. The first kappa shape index (κ1) is 13.3. The molecule has 0 saturated carbocycles. The first-order valence-electron chi connectivity index (χ1n) is 3.90. The van der Waals surface area contributed by atoms with Crippen LogP contribution >= 0.6 is 12.4 Å². The lowest BCUT2D eigenvalue weighted by atomic mass is 10.0. The zero-order valence-electron chi connectivity index (χ0n) is 7.58. The molecule has 2 atom stereocenters. The number of hydrogen-bond acceptors (Lipinski definition) is 2. The smallest absolute Gasteiger partial charge is 0.126 e. The molecule has 0 saturated heterocycles. The average molecular weight is 224 g/mol. The van der Waals surface area contributed by atoms with E-state index in [1.165, 1.54) is 6.92 Å². The van der Waals surface area contributed by atoms with E-state index in [1.807, 2.05) is 0 Å². The van der Waals surface area contributed by atoms with Crippen molar-refractivity contribution in [3.8, 4) is 0 Å². The van der Waals surface area contributed by atoms with Crippen LogP contribution < -0.4 is 5.73 Å². The number of benzene rings is 1. The Bertz CT molecular complexity index is 287. The SMILES string of the molecule is C[C@@H](O)[C@@H](N)c1cc(F)cc(F)c1.Cl. The molecule has 3 N–H and O–H groups in total. The van der Waals surface area contributed by atoms with E-state index in [0.29, 0.717) is 0 Å². The molecule has 5 heteroatoms. The van der Waals surface area contributed by atoms with Gasteiger partial charge in [0.15, 0.2) is 0 Å². The highest BCUT2D eigenvalue weighted by Gasteiger charge is 2.13. The summed E-state index contributed by atoms with van der Waals surface area (Å²) in [5.74, 6) is -1.38. The normalized spacial score (nSPS) is 14.4. The van der Waals surface area contributed by atoms with Gasteiger partial charge in [-0.05, 0) is 24.6 Å². The van der Waals surface area contributed by atoms with Gasteiger partial charge in [-0.1, -0.05) is 0 Å². The largest absolute Gasteiger partial charge is 0.391 e. The third kappa shape index (κ3) is 3.21. The van der Waals surface area contributed by atoms with Crippen LogP contribution in [0, 0.1) is 11.6 Å². The monoisotopic (exact) mass is 223 g/mol. The minimum Gasteiger partial charge on any atom is -0.391 e. The third-order valence-corrected chi connectivity index (χ3v) is 1.79. The summed E-state index contributed by atoms with van der Waals surface area (Å²) >= 11 is 0. The van der Waals surface area contributed by atoms with Gasteiger partial charge in [-0.15, -0.1) is 12.4 Å². The van der Waals surface area contributed by atoms with E-state index in [1.54, 1.807) is 0 Å². The maximum atomic E-state index is 12.7. The standard InChI is InChI=1S/C9H11F2NO.ClH/c1-5(13)9(12)6-2-7(10)4-8(11)3-6;/h2-5,9,13H,12H2,1H3;1H/t5-,9-;/m1./s1. The Labute approximate surface area is 87.1 Å². The van der Waals surface area contributed by atoms with Gasteiger partial charge < -0.3 is 10.8 Å². The topological polar surface area (TPSA) is 46.2 Å². The van der Waals surface area contributed by atoms with Crippen LogP contribution in [0.15, 0.2) is 18.2 Å². The van der Waals surface area contributed by atoms with Gasteiger partial charge in [-0.2, -0.15) is 0 Å². The highest BCUT2D eigenvalue weighted by atomic mass is 35.5. The van der Waals surface area contributed by atoms with Gasteiger partial charge in [-0.25, -0.2) is 8.78 Å². The molecular weight excluding hydrogens is 212 g/mol. The lowest BCUT2D eigenvalue weighted by Gasteiger charge is -2.14. The van der Waals surface area contributed by atoms with Crippen LogP contribution in [0.5, 0.6) is 0 Å². The highest BCUT2D eigenvalue weighted by molar-refractivity contribution is 5.85. The molecule has 0 aromatic heterocycles. The van der Waals surface area contributed by atoms with Gasteiger partial charge in [-0.3, -0.25) is 0 Å². The lowest BCUT2D eigenvalue weighted by Crippen LogP contribution is -2.23. The molecule has 0 amide bonds. The predicted octanol–water partition coefficient (Wildman–Crippen LogP) is 1.77. The molecule has 0 fully saturated rings. The Kier molecular flexibility index (Phi) is 4.97. The fourth-order valence-electron chi connectivity index (χ4n) is 1.05. The Morgan fingerprint density at radius 2 is 1.64 bits per heavy atom. The molecule has 1 rings (SSSR count). The van der Waals surface area contributed by atoms with E-state index in [0.717, 1.165) is 18.2 Å². The van der Waals surface area contributed by atoms with Crippen molar-refractivity contribution in [2.75, 3.05) is 0 Å². The van der Waals surface area contributed by atoms with E-state index < -0.39 is 23.8 Å². The summed E-state index contributed by atoms with van der Waals surface area (Å²) in [6, 6.07) is 2.23. The Balaban J connectivity index is 0.00000169. The van der Waals surface area contributed by atoms with Crippen LogP contribution in [0.4, 0.5) is 8.78 Å². The van der Waals surface area contributed by atoms with Crippen LogP contribution in [0.25, 0.3) is 0 Å². The predicted molar refractivity (Wildman–Crippen MR) is 52.2 cm³/mol. The molecule has 0 spiro atoms. The van der Waals surface area contributed by atoms with Crippen molar-refractivity contribution in [2.45, 2.75) is 19.1 Å². The van der Waals surface area contributed by atoms with E-state index in [9.17, 15) is 8.78 Å². The molecule has 0 unspecified atom stereocenters. The van der Waals surface area contributed by atoms with E-state index in [2.05, 4.69) is 0 Å². The highest BCUT2D eigenvalue weighted by Crippen LogP contribution is 2.16. The van der Waals surface area contributed by atoms with Crippen molar-refractivity contribution >= 4 is 12.4 Å². The van der Waals surface area contributed by atoms with Crippen molar-refractivity contribution in [2.24, 2.45) is 5.73 Å². The van der Waals surface area contributed by atoms with Crippen LogP contribution in [0.2, 0.25) is 0 Å². The summed E-state index contributed by atoms with van der Waals surface area (Å²) in [5.41, 5.74) is 5.75. The van der Waals surface area contributed by atoms with Crippen molar-refractivity contribution in [1.29, 1.82) is 0 Å². The Morgan fingerprint density at radius 1 is 1.21 bits per heavy atom. The fraction of sp³-hybridized carbons (Fsp3) is 0.333. The average Bonchev–Trinajstić information content (AvgIpc) is 2.01. The van der Waals surface area contributed by atoms with Crippen LogP contribution in [-0.2, 0) is 0 Å². The number of halogens is 3. The molecule has 1 aromatic carbocycles. The lowest BCUT2D eigenvalue weighted by molar-refractivity contribution is 0.164. The van der Waals surface area contributed by atoms with E-state index >= 15 is 0 Å². The summed E-state index contributed by atoms with van der Waals surface area (Å²) < 4.78 is 25.3. The second kappa shape index (κ2) is 5.24. The van der Waals surface area contributed by atoms with Gasteiger partial charge in [0.25, 0.3) is 0 Å². The first-order chi connectivity index (χ1) is 6.00. The van der Waals surface area contributed by atoms with Gasteiger partial charge in [0.1, 0.15) is 11.6 Å². The molecule has 14 heavy (non-hydrogen) atoms. The second-order valence-corrected chi connectivity index (χ2v) is 2.97. The van der Waals surface area contributed by atoms with Crippen LogP contribution in [0.1, 0.15) is 18.5 Å². The van der Waals surface area contributed by atoms with Gasteiger partial charge in [0.2, 0.25) is 0 Å². The van der Waals surface area contributed by atoms with Crippen molar-refractivity contribution in [1.82, 2.24) is 0 Å².